The van der Waals surface area contributed by atoms with Gasteiger partial charge in [-0.1, -0.05) is 32.4 Å². The molecule has 0 radical (unpaired) electrons. The number of methoxy groups -OCH3 is 2. The van der Waals surface area contributed by atoms with Crippen LogP contribution in [-0.4, -0.2) is 111 Å². The highest BCUT2D eigenvalue weighted by atomic mass is 32.2. The monoisotopic (exact) mass is 911 g/mol. The number of primary amides is 1. The summed E-state index contributed by atoms with van der Waals surface area (Å²) >= 11 is 0. The summed E-state index contributed by atoms with van der Waals surface area (Å²) in [4.78, 5) is 59.0. The van der Waals surface area contributed by atoms with Gasteiger partial charge in [-0.3, -0.25) is 19.1 Å². The number of aromatic nitrogens is 1. The molecule has 1 unspecified atom stereocenters. The minimum absolute atomic E-state index is 0.0400. The second kappa shape index (κ2) is 20.8. The predicted molar refractivity (Wildman–Crippen MR) is 225 cm³/mol. The van der Waals surface area contributed by atoms with Crippen molar-refractivity contribution in [1.82, 2.24) is 19.9 Å². The first-order valence-corrected chi connectivity index (χ1v) is 22.8. The van der Waals surface area contributed by atoms with Gasteiger partial charge in [0.25, 0.3) is 0 Å². The Bertz CT molecular complexity index is 2100. The van der Waals surface area contributed by atoms with Crippen LogP contribution in [0, 0.1) is 23.7 Å². The summed E-state index contributed by atoms with van der Waals surface area (Å²) in [5.41, 5.74) is 2.93. The number of pyridine rings is 1. The van der Waals surface area contributed by atoms with Gasteiger partial charge in [0.15, 0.2) is 0 Å². The standard InChI is InChI=1S/C43H60F3N5O11S/c1-25(10-7-8-11-27-12-9-13-31(27)38(53)50-63(56,57)30-15-16-30)20-26(2)36(49-41(55)62-42(3,4)43(44,45)46)40(54)51-24-29(22-34(51)37(47)52)61-39-32-17-14-28(59-6)21-33(32)35(23-48-39)60-19-18-58-5/h8,11,14,17,21,23,25-27,29-31,34,36H,7,9-10,12-13,15-16,18-20,22,24H2,1-6H3,(H2,47,52)(H,49,55)(H,50,53)/b11-8-/t25-,26+,27+,29+,31?,34-,36-/m0/s1. The molecule has 0 spiro atoms. The molecule has 7 atom stereocenters. The number of alkyl halides is 3. The van der Waals surface area contributed by atoms with E-state index in [2.05, 4.69) is 15.0 Å². The minimum Gasteiger partial charge on any atom is -0.497 e. The Morgan fingerprint density at radius 3 is 2.43 bits per heavy atom. The molecule has 3 aliphatic rings. The number of alkyl carbamates (subject to hydrolysis) is 1. The van der Waals surface area contributed by atoms with Gasteiger partial charge in [-0.05, 0) is 94.7 Å². The first-order valence-electron chi connectivity index (χ1n) is 21.3. The molecule has 4 amide bonds. The molecule has 63 heavy (non-hydrogen) atoms. The second-order valence-corrected chi connectivity index (χ2v) is 19.3. The predicted octanol–water partition coefficient (Wildman–Crippen LogP) is 5.56. The van der Waals surface area contributed by atoms with E-state index in [1.807, 2.05) is 19.1 Å². The summed E-state index contributed by atoms with van der Waals surface area (Å²) in [5, 5.41) is 3.03. The highest BCUT2D eigenvalue weighted by Gasteiger charge is 2.52. The van der Waals surface area contributed by atoms with Crippen molar-refractivity contribution in [2.24, 2.45) is 29.4 Å². The van der Waals surface area contributed by atoms with Gasteiger partial charge < -0.3 is 39.6 Å². The summed E-state index contributed by atoms with van der Waals surface area (Å²) in [5.74, 6) is -2.24. The van der Waals surface area contributed by atoms with Crippen LogP contribution in [0.1, 0.15) is 85.5 Å². The number of carbonyl (C=O) groups excluding carboxylic acids is 4. The second-order valence-electron chi connectivity index (χ2n) is 17.3. The summed E-state index contributed by atoms with van der Waals surface area (Å²) in [6.45, 7) is 5.39. The van der Waals surface area contributed by atoms with Gasteiger partial charge in [0.05, 0.1) is 31.7 Å². The third-order valence-corrected chi connectivity index (χ3v) is 13.8. The van der Waals surface area contributed by atoms with E-state index >= 15 is 0 Å². The molecular weight excluding hydrogens is 852 g/mol. The normalized spacial score (nSPS) is 22.1. The molecule has 3 fully saturated rings. The number of benzene rings is 1. The van der Waals surface area contributed by atoms with Gasteiger partial charge in [0, 0.05) is 30.2 Å². The fourth-order valence-corrected chi connectivity index (χ4v) is 9.48. The van der Waals surface area contributed by atoms with Crippen molar-refractivity contribution in [3.8, 4) is 17.4 Å². The largest absolute Gasteiger partial charge is 0.497 e. The lowest BCUT2D eigenvalue weighted by molar-refractivity contribution is -0.244. The number of fused-ring (bicyclic) bond motifs is 1. The van der Waals surface area contributed by atoms with Crippen LogP contribution in [0.3, 0.4) is 0 Å². The number of nitrogens with two attached hydrogens (primary N) is 1. The summed E-state index contributed by atoms with van der Waals surface area (Å²) in [7, 11) is -0.589. The summed E-state index contributed by atoms with van der Waals surface area (Å²) in [6.07, 6.45) is 2.87. The average Bonchev–Trinajstić information content (AvgIpc) is 3.84. The van der Waals surface area contributed by atoms with E-state index in [0.29, 0.717) is 81.3 Å². The molecular formula is C43H60F3N5O11S. The highest BCUT2D eigenvalue weighted by molar-refractivity contribution is 7.90. The number of ether oxygens (including phenoxy) is 5. The molecule has 2 aliphatic carbocycles. The lowest BCUT2D eigenvalue weighted by Gasteiger charge is -2.33. The number of hydrogen-bond acceptors (Lipinski definition) is 12. The van der Waals surface area contributed by atoms with Crippen LogP contribution in [0.15, 0.2) is 36.5 Å². The van der Waals surface area contributed by atoms with E-state index in [1.54, 1.807) is 32.2 Å². The van der Waals surface area contributed by atoms with Gasteiger partial charge in [0.1, 0.15) is 36.3 Å². The maximum atomic E-state index is 14.5. The first-order chi connectivity index (χ1) is 29.6. The third-order valence-electron chi connectivity index (χ3n) is 12.0. The smallest absolute Gasteiger partial charge is 0.427 e. The van der Waals surface area contributed by atoms with E-state index < -0.39 is 80.9 Å². The number of allylic oxidation sites excluding steroid dienone is 2. The zero-order valence-corrected chi connectivity index (χ0v) is 37.4. The third kappa shape index (κ3) is 12.7. The quantitative estimate of drug-likeness (QED) is 0.104. The Morgan fingerprint density at radius 2 is 1.78 bits per heavy atom. The Balaban J connectivity index is 1.29. The molecule has 1 saturated heterocycles. The molecule has 1 aromatic heterocycles. The molecule has 16 nitrogen and oxygen atoms in total. The summed E-state index contributed by atoms with van der Waals surface area (Å²) in [6, 6.07) is 2.56. The maximum Gasteiger partial charge on any atom is 0.427 e. The van der Waals surface area contributed by atoms with Crippen molar-refractivity contribution >= 4 is 44.6 Å². The molecule has 1 aliphatic heterocycles. The SMILES string of the molecule is COCCOc1cnc(O[C@@H]2C[C@@H](C(N)=O)N(C(=O)[C@@H](NC(=O)OC(C)(C)C(F)(F)F)[C@H](C)C[C@@H](C)CC/C=C\[C@@H]3CCCC3C(=O)NS(=O)(=O)C3CC3)C2)c2ccc(OC)cc12. The van der Waals surface area contributed by atoms with Crippen LogP contribution < -0.4 is 30.0 Å². The van der Waals surface area contributed by atoms with Gasteiger partial charge in [0.2, 0.25) is 39.2 Å². The van der Waals surface area contributed by atoms with Crippen molar-refractivity contribution in [3.63, 3.8) is 0 Å². The topological polar surface area (TPSA) is 215 Å². The number of sulfonamides is 1. The summed E-state index contributed by atoms with van der Waals surface area (Å²) < 4.78 is 95.7. The molecule has 1 aromatic carbocycles. The molecule has 2 aromatic rings. The van der Waals surface area contributed by atoms with Gasteiger partial charge in [-0.15, -0.1) is 0 Å². The number of carbonyl (C=O) groups is 4. The van der Waals surface area contributed by atoms with E-state index in [9.17, 15) is 40.8 Å². The molecule has 4 N–H and O–H groups in total. The van der Waals surface area contributed by atoms with E-state index in [4.69, 9.17) is 29.4 Å². The number of nitrogens with one attached hydrogen (secondary N) is 2. The molecule has 20 heteroatoms. The lowest BCUT2D eigenvalue weighted by atomic mass is 9.87. The number of amides is 4. The van der Waals surface area contributed by atoms with Crippen LogP contribution >= 0.6 is 0 Å². The zero-order chi connectivity index (χ0) is 46.3. The molecule has 5 rings (SSSR count). The highest BCUT2D eigenvalue weighted by Crippen LogP contribution is 2.38. The molecule has 2 heterocycles. The number of rotatable bonds is 21. The van der Waals surface area contributed by atoms with E-state index in [0.717, 1.165) is 12.8 Å². The Labute approximate surface area is 366 Å². The van der Waals surface area contributed by atoms with Crippen molar-refractivity contribution < 1.29 is 64.5 Å². The lowest BCUT2D eigenvalue weighted by Crippen LogP contribution is -2.56. The van der Waals surface area contributed by atoms with Gasteiger partial charge >= 0.3 is 12.3 Å². The maximum absolute atomic E-state index is 14.5. The number of nitrogens with zero attached hydrogens (tertiary/aromatic N) is 2. The number of halogens is 3. The number of hydrogen-bond donors (Lipinski definition) is 3. The average molecular weight is 912 g/mol. The molecule has 350 valence electrons. The van der Waals surface area contributed by atoms with E-state index in [-0.39, 0.29) is 37.3 Å². The Hall–Kier alpha value is -4.85. The molecule has 2 saturated carbocycles. The van der Waals surface area contributed by atoms with Crippen molar-refractivity contribution in [1.29, 1.82) is 0 Å². The van der Waals surface area contributed by atoms with Crippen molar-refractivity contribution in [3.05, 3.63) is 36.5 Å². The van der Waals surface area contributed by atoms with Crippen molar-refractivity contribution in [2.45, 2.75) is 121 Å². The van der Waals surface area contributed by atoms with Crippen LogP contribution in [0.2, 0.25) is 0 Å². The van der Waals surface area contributed by atoms with Crippen LogP contribution in [0.25, 0.3) is 10.8 Å². The Kier molecular flexibility index (Phi) is 16.2. The van der Waals surface area contributed by atoms with Crippen LogP contribution in [0.5, 0.6) is 17.4 Å². The molecule has 0 bridgehead atoms. The fourth-order valence-electron chi connectivity index (χ4n) is 8.13. The fraction of sp³-hybridized carbons (Fsp3) is 0.651. The van der Waals surface area contributed by atoms with Crippen LogP contribution in [-0.2, 0) is 33.9 Å². The van der Waals surface area contributed by atoms with Gasteiger partial charge in [-0.2, -0.15) is 13.2 Å². The van der Waals surface area contributed by atoms with Gasteiger partial charge in [-0.25, -0.2) is 18.2 Å². The Morgan fingerprint density at radius 1 is 1.05 bits per heavy atom. The first kappa shape index (κ1) is 49.2. The minimum atomic E-state index is -4.91. The zero-order valence-electron chi connectivity index (χ0n) is 36.6. The number of likely N-dealkylation sites (tertiary alicyclic amines) is 1. The van der Waals surface area contributed by atoms with Crippen molar-refractivity contribution in [2.75, 3.05) is 34.0 Å². The van der Waals surface area contributed by atoms with E-state index in [1.165, 1.54) is 18.2 Å². The van der Waals surface area contributed by atoms with Crippen LogP contribution in [0.4, 0.5) is 18.0 Å².